The summed E-state index contributed by atoms with van der Waals surface area (Å²) in [6, 6.07) is 20.5. The molecule has 0 saturated carbocycles. The van der Waals surface area contributed by atoms with Crippen LogP contribution in [0.4, 0.5) is 11.4 Å². The smallest absolute Gasteiger partial charge is 0.0977 e. The number of nitriles is 2. The van der Waals surface area contributed by atoms with Crippen LogP contribution in [0.3, 0.4) is 0 Å². The van der Waals surface area contributed by atoms with E-state index in [4.69, 9.17) is 0 Å². The fourth-order valence-corrected chi connectivity index (χ4v) is 4.09. The third kappa shape index (κ3) is 4.64. The minimum absolute atomic E-state index is 0.144. The monoisotopic (exact) mass is 378 g/mol. The third-order valence-corrected chi connectivity index (χ3v) is 5.96. The average Bonchev–Trinajstić information content (AvgIpc) is 3.38. The lowest BCUT2D eigenvalue weighted by molar-refractivity contribution is 0.918. The Bertz CT molecular complexity index is 796. The molecule has 3 rings (SSSR count). The van der Waals surface area contributed by atoms with E-state index in [-0.39, 0.29) is 11.8 Å². The van der Waals surface area contributed by atoms with Crippen molar-refractivity contribution in [2.45, 2.75) is 11.8 Å². The first-order valence-corrected chi connectivity index (χ1v) is 10.00. The predicted octanol–water partition coefficient (Wildman–Crippen LogP) is 5.25. The number of hydrogen-bond donors (Lipinski definition) is 2. The van der Waals surface area contributed by atoms with Crippen LogP contribution in [0.1, 0.15) is 21.6 Å². The van der Waals surface area contributed by atoms with Crippen molar-refractivity contribution in [3.8, 4) is 12.1 Å². The molecule has 0 amide bonds. The number of rotatable bonds is 8. The number of nitrogens with one attached hydrogen (secondary N) is 2. The van der Waals surface area contributed by atoms with Gasteiger partial charge in [0.15, 0.2) is 0 Å². The van der Waals surface area contributed by atoms with Crippen molar-refractivity contribution in [1.82, 2.24) is 0 Å². The first-order chi connectivity index (χ1) is 12.8. The highest BCUT2D eigenvalue weighted by Crippen LogP contribution is 2.23. The molecule has 2 atom stereocenters. The quantitative estimate of drug-likeness (QED) is 0.562. The van der Waals surface area contributed by atoms with Gasteiger partial charge < -0.3 is 10.6 Å². The Balaban J connectivity index is 1.52. The molecule has 2 heterocycles. The van der Waals surface area contributed by atoms with E-state index in [1.54, 1.807) is 22.7 Å². The Morgan fingerprint density at radius 1 is 0.731 bits per heavy atom. The topological polar surface area (TPSA) is 71.6 Å². The van der Waals surface area contributed by atoms with Crippen LogP contribution in [0.15, 0.2) is 59.3 Å². The van der Waals surface area contributed by atoms with Gasteiger partial charge in [-0.2, -0.15) is 10.5 Å². The Kier molecular flexibility index (Phi) is 6.27. The summed E-state index contributed by atoms with van der Waals surface area (Å²) in [6.07, 6.45) is 0. The molecule has 2 N–H and O–H groups in total. The molecule has 1 aromatic carbocycles. The summed E-state index contributed by atoms with van der Waals surface area (Å²) < 4.78 is 0. The Labute approximate surface area is 161 Å². The van der Waals surface area contributed by atoms with E-state index in [1.165, 1.54) is 0 Å². The maximum Gasteiger partial charge on any atom is 0.0977 e. The summed E-state index contributed by atoms with van der Waals surface area (Å²) in [6.45, 7) is 1.16. The molecule has 0 radical (unpaired) electrons. The van der Waals surface area contributed by atoms with E-state index in [0.29, 0.717) is 13.1 Å². The van der Waals surface area contributed by atoms with Crippen molar-refractivity contribution in [3.63, 3.8) is 0 Å². The molecule has 6 heteroatoms. The van der Waals surface area contributed by atoms with Gasteiger partial charge in [-0.3, -0.25) is 0 Å². The molecule has 0 saturated heterocycles. The first kappa shape index (κ1) is 18.0. The van der Waals surface area contributed by atoms with E-state index in [0.717, 1.165) is 21.1 Å². The van der Waals surface area contributed by atoms with Crippen LogP contribution in [0.2, 0.25) is 0 Å². The normalized spacial score (nSPS) is 12.5. The zero-order valence-electron chi connectivity index (χ0n) is 14.1. The molecule has 0 aliphatic heterocycles. The van der Waals surface area contributed by atoms with E-state index in [2.05, 4.69) is 22.8 Å². The average molecular weight is 379 g/mol. The van der Waals surface area contributed by atoms with Crippen LogP contribution in [-0.2, 0) is 0 Å². The van der Waals surface area contributed by atoms with Crippen LogP contribution in [0.25, 0.3) is 0 Å². The van der Waals surface area contributed by atoms with Crippen LogP contribution < -0.4 is 10.6 Å². The van der Waals surface area contributed by atoms with Crippen molar-refractivity contribution < 1.29 is 0 Å². The fraction of sp³-hybridized carbons (Fsp3) is 0.200. The summed E-state index contributed by atoms with van der Waals surface area (Å²) in [5.41, 5.74) is 1.95. The molecule has 26 heavy (non-hydrogen) atoms. The second kappa shape index (κ2) is 9.05. The Hall–Kier alpha value is -2.80. The lowest BCUT2D eigenvalue weighted by Gasteiger charge is -2.13. The lowest BCUT2D eigenvalue weighted by Crippen LogP contribution is -2.11. The van der Waals surface area contributed by atoms with Crippen LogP contribution in [-0.4, -0.2) is 13.1 Å². The van der Waals surface area contributed by atoms with Crippen LogP contribution >= 0.6 is 22.7 Å². The molecule has 0 aliphatic rings. The van der Waals surface area contributed by atoms with E-state index in [1.807, 2.05) is 59.3 Å². The molecule has 0 unspecified atom stereocenters. The predicted molar refractivity (Wildman–Crippen MR) is 109 cm³/mol. The van der Waals surface area contributed by atoms with E-state index in [9.17, 15) is 10.5 Å². The molecule has 130 valence electrons. The van der Waals surface area contributed by atoms with Crippen LogP contribution in [0.5, 0.6) is 0 Å². The highest BCUT2D eigenvalue weighted by molar-refractivity contribution is 7.10. The summed E-state index contributed by atoms with van der Waals surface area (Å²) in [5, 5.41) is 29.3. The standard InChI is InChI=1S/C20H18N4S2/c21-11-15(19-3-1-9-25-19)13-23-17-5-7-18(8-6-17)24-14-16(12-22)20-4-2-10-26-20/h1-10,15-16,23-24H,13-14H2/t15-,16-/m0/s1. The summed E-state index contributed by atoms with van der Waals surface area (Å²) in [5.74, 6) is -0.287. The number of benzene rings is 1. The number of thiophene rings is 2. The zero-order valence-corrected chi connectivity index (χ0v) is 15.7. The van der Waals surface area contributed by atoms with E-state index >= 15 is 0 Å². The van der Waals surface area contributed by atoms with Gasteiger partial charge in [-0.05, 0) is 47.2 Å². The van der Waals surface area contributed by atoms with Crippen molar-refractivity contribution in [1.29, 1.82) is 10.5 Å². The second-order valence-corrected chi connectivity index (χ2v) is 7.69. The van der Waals surface area contributed by atoms with Crippen LogP contribution in [0, 0.1) is 22.7 Å². The van der Waals surface area contributed by atoms with E-state index < -0.39 is 0 Å². The molecule has 2 aromatic heterocycles. The van der Waals surface area contributed by atoms with Gasteiger partial charge in [0.1, 0.15) is 0 Å². The number of nitrogens with zero attached hydrogens (tertiary/aromatic N) is 2. The second-order valence-electron chi connectivity index (χ2n) is 5.73. The molecular formula is C20H18N4S2. The zero-order chi connectivity index (χ0) is 18.2. The molecule has 0 fully saturated rings. The largest absolute Gasteiger partial charge is 0.383 e. The maximum absolute atomic E-state index is 9.32. The minimum atomic E-state index is -0.144. The fourth-order valence-electron chi connectivity index (χ4n) is 2.54. The van der Waals surface area contributed by atoms with Crippen molar-refractivity contribution in [2.75, 3.05) is 23.7 Å². The summed E-state index contributed by atoms with van der Waals surface area (Å²) >= 11 is 3.21. The molecule has 0 aliphatic carbocycles. The van der Waals surface area contributed by atoms with Gasteiger partial charge in [0.2, 0.25) is 0 Å². The summed E-state index contributed by atoms with van der Waals surface area (Å²) in [4.78, 5) is 2.16. The molecule has 3 aromatic rings. The van der Waals surface area contributed by atoms with Gasteiger partial charge in [0, 0.05) is 34.2 Å². The maximum atomic E-state index is 9.32. The van der Waals surface area contributed by atoms with Crippen molar-refractivity contribution >= 4 is 34.0 Å². The number of anilines is 2. The third-order valence-electron chi connectivity index (χ3n) is 3.99. The van der Waals surface area contributed by atoms with Gasteiger partial charge in [-0.25, -0.2) is 0 Å². The summed E-state index contributed by atoms with van der Waals surface area (Å²) in [7, 11) is 0. The van der Waals surface area contributed by atoms with Crippen molar-refractivity contribution in [3.05, 3.63) is 69.0 Å². The lowest BCUT2D eigenvalue weighted by atomic mass is 10.1. The minimum Gasteiger partial charge on any atom is -0.383 e. The van der Waals surface area contributed by atoms with Gasteiger partial charge in [-0.1, -0.05) is 12.1 Å². The van der Waals surface area contributed by atoms with Gasteiger partial charge >= 0.3 is 0 Å². The highest BCUT2D eigenvalue weighted by atomic mass is 32.1. The molecule has 0 spiro atoms. The first-order valence-electron chi connectivity index (χ1n) is 8.24. The molecule has 0 bridgehead atoms. The Morgan fingerprint density at radius 2 is 1.15 bits per heavy atom. The molecule has 4 nitrogen and oxygen atoms in total. The number of hydrogen-bond acceptors (Lipinski definition) is 6. The van der Waals surface area contributed by atoms with Crippen molar-refractivity contribution in [2.24, 2.45) is 0 Å². The highest BCUT2D eigenvalue weighted by Gasteiger charge is 2.12. The van der Waals surface area contributed by atoms with Gasteiger partial charge in [0.05, 0.1) is 24.0 Å². The SMILES string of the molecule is N#C[C@@H](CNc1ccc(NC[C@H](C#N)c2cccs2)cc1)c1cccs1. The Morgan fingerprint density at radius 3 is 1.46 bits per heavy atom. The van der Waals surface area contributed by atoms with Gasteiger partial charge in [-0.15, -0.1) is 22.7 Å². The molecular weight excluding hydrogens is 360 g/mol. The van der Waals surface area contributed by atoms with Gasteiger partial charge in [0.25, 0.3) is 0 Å².